The molecule has 0 heterocycles. The van der Waals surface area contributed by atoms with Crippen LogP contribution in [0.4, 0.5) is 0 Å². The number of halogens is 1. The lowest BCUT2D eigenvalue weighted by Gasteiger charge is -2.12. The van der Waals surface area contributed by atoms with Gasteiger partial charge in [-0.3, -0.25) is 0 Å². The fourth-order valence-corrected chi connectivity index (χ4v) is 1.95. The van der Waals surface area contributed by atoms with E-state index in [1.165, 1.54) is 5.56 Å². The van der Waals surface area contributed by atoms with E-state index < -0.39 is 0 Å². The molecule has 2 aromatic rings. The van der Waals surface area contributed by atoms with Crippen LogP contribution in [0.15, 0.2) is 65.7 Å². The molecule has 5 heteroatoms. The summed E-state index contributed by atoms with van der Waals surface area (Å²) in [4.78, 5) is 4.57. The second-order valence-corrected chi connectivity index (χ2v) is 4.77. The van der Waals surface area contributed by atoms with Crippen LogP contribution in [-0.2, 0) is 6.54 Å². The Labute approximate surface area is 155 Å². The lowest BCUT2D eigenvalue weighted by atomic mass is 10.2. The molecule has 0 aromatic heterocycles. The summed E-state index contributed by atoms with van der Waals surface area (Å²) < 4.78 is 5.65. The summed E-state index contributed by atoms with van der Waals surface area (Å²) in [5, 5.41) is 6.51. The molecule has 0 amide bonds. The van der Waals surface area contributed by atoms with E-state index in [0.717, 1.165) is 18.3 Å². The van der Waals surface area contributed by atoms with Crippen molar-refractivity contribution in [2.75, 3.05) is 19.7 Å². The van der Waals surface area contributed by atoms with Crippen LogP contribution < -0.4 is 15.4 Å². The van der Waals surface area contributed by atoms with E-state index in [9.17, 15) is 0 Å². The van der Waals surface area contributed by atoms with Crippen LogP contribution in [0.1, 0.15) is 12.5 Å². The van der Waals surface area contributed by atoms with Crippen molar-refractivity contribution >= 4 is 29.9 Å². The molecule has 0 saturated carbocycles. The summed E-state index contributed by atoms with van der Waals surface area (Å²) in [6.07, 6.45) is 0. The Morgan fingerprint density at radius 3 is 2.26 bits per heavy atom. The first-order valence-corrected chi connectivity index (χ1v) is 7.62. The Morgan fingerprint density at radius 2 is 1.61 bits per heavy atom. The highest BCUT2D eigenvalue weighted by molar-refractivity contribution is 14.0. The molecule has 124 valence electrons. The SMILES string of the molecule is CCNC(=NCc1ccccc1)NCCOc1ccccc1.I. The Balaban J connectivity index is 0.00000264. The van der Waals surface area contributed by atoms with Crippen molar-refractivity contribution in [3.8, 4) is 5.75 Å². The average Bonchev–Trinajstić information content (AvgIpc) is 2.58. The molecule has 0 spiro atoms. The van der Waals surface area contributed by atoms with Crippen LogP contribution in [-0.4, -0.2) is 25.7 Å². The number of nitrogens with one attached hydrogen (secondary N) is 2. The van der Waals surface area contributed by atoms with Crippen molar-refractivity contribution in [3.63, 3.8) is 0 Å². The molecule has 0 aliphatic heterocycles. The third-order valence-corrected chi connectivity index (χ3v) is 3.01. The predicted molar refractivity (Wildman–Crippen MR) is 107 cm³/mol. The highest BCUT2D eigenvalue weighted by Gasteiger charge is 1.98. The number of guanidine groups is 1. The number of para-hydroxylation sites is 1. The Morgan fingerprint density at radius 1 is 0.957 bits per heavy atom. The molecule has 0 saturated heterocycles. The van der Waals surface area contributed by atoms with E-state index >= 15 is 0 Å². The molecule has 0 bridgehead atoms. The van der Waals surface area contributed by atoms with Crippen LogP contribution >= 0.6 is 24.0 Å². The van der Waals surface area contributed by atoms with E-state index in [1.807, 2.05) is 48.5 Å². The highest BCUT2D eigenvalue weighted by atomic mass is 127. The van der Waals surface area contributed by atoms with Crippen molar-refractivity contribution in [3.05, 3.63) is 66.2 Å². The summed E-state index contributed by atoms with van der Waals surface area (Å²) in [5.41, 5.74) is 1.19. The van der Waals surface area contributed by atoms with E-state index in [2.05, 4.69) is 34.7 Å². The third-order valence-electron chi connectivity index (χ3n) is 3.01. The van der Waals surface area contributed by atoms with Gasteiger partial charge in [-0.05, 0) is 24.6 Å². The van der Waals surface area contributed by atoms with E-state index in [-0.39, 0.29) is 24.0 Å². The number of hydrogen-bond acceptors (Lipinski definition) is 2. The molecule has 23 heavy (non-hydrogen) atoms. The number of ether oxygens (including phenoxy) is 1. The topological polar surface area (TPSA) is 45.7 Å². The predicted octanol–water partition coefficient (Wildman–Crippen LogP) is 3.44. The zero-order chi connectivity index (χ0) is 15.5. The minimum Gasteiger partial charge on any atom is -0.492 e. The normalized spacial score (nSPS) is 10.6. The van der Waals surface area contributed by atoms with Crippen LogP contribution in [0.25, 0.3) is 0 Å². The second-order valence-electron chi connectivity index (χ2n) is 4.77. The number of rotatable bonds is 7. The van der Waals surface area contributed by atoms with Gasteiger partial charge in [0.05, 0.1) is 13.1 Å². The molecule has 0 aliphatic rings. The van der Waals surface area contributed by atoms with Gasteiger partial charge in [0.15, 0.2) is 5.96 Å². The smallest absolute Gasteiger partial charge is 0.191 e. The average molecular weight is 425 g/mol. The molecule has 0 radical (unpaired) electrons. The maximum atomic E-state index is 5.65. The van der Waals surface area contributed by atoms with E-state index in [0.29, 0.717) is 19.7 Å². The lowest BCUT2D eigenvalue weighted by Crippen LogP contribution is -2.39. The molecule has 4 nitrogen and oxygen atoms in total. The molecule has 0 fully saturated rings. The van der Waals surface area contributed by atoms with Gasteiger partial charge in [0, 0.05) is 6.54 Å². The van der Waals surface area contributed by atoms with Gasteiger partial charge in [-0.25, -0.2) is 4.99 Å². The zero-order valence-corrected chi connectivity index (χ0v) is 15.7. The van der Waals surface area contributed by atoms with Crippen LogP contribution in [0.2, 0.25) is 0 Å². The zero-order valence-electron chi connectivity index (χ0n) is 13.4. The van der Waals surface area contributed by atoms with Gasteiger partial charge in [0.2, 0.25) is 0 Å². The lowest BCUT2D eigenvalue weighted by molar-refractivity contribution is 0.322. The molecule has 2 aromatic carbocycles. The highest BCUT2D eigenvalue weighted by Crippen LogP contribution is 2.07. The van der Waals surface area contributed by atoms with E-state index in [4.69, 9.17) is 4.74 Å². The fraction of sp³-hybridized carbons (Fsp3) is 0.278. The quantitative estimate of drug-likeness (QED) is 0.309. The first kappa shape index (κ1) is 19.3. The van der Waals surface area contributed by atoms with Crippen molar-refractivity contribution in [2.24, 2.45) is 4.99 Å². The van der Waals surface area contributed by atoms with Crippen molar-refractivity contribution in [2.45, 2.75) is 13.5 Å². The van der Waals surface area contributed by atoms with Gasteiger partial charge in [-0.2, -0.15) is 0 Å². The molecule has 0 atom stereocenters. The number of nitrogens with zero attached hydrogens (tertiary/aromatic N) is 1. The summed E-state index contributed by atoms with van der Waals surface area (Å²) in [6, 6.07) is 20.0. The molecule has 2 rings (SSSR count). The number of hydrogen-bond donors (Lipinski definition) is 2. The monoisotopic (exact) mass is 425 g/mol. The van der Waals surface area contributed by atoms with Gasteiger partial charge in [-0.1, -0.05) is 48.5 Å². The van der Waals surface area contributed by atoms with Gasteiger partial charge in [0.25, 0.3) is 0 Å². The number of aliphatic imine (C=N–C) groups is 1. The third kappa shape index (κ3) is 7.88. The molecule has 0 aliphatic carbocycles. The standard InChI is InChI=1S/C18H23N3O.HI/c1-2-19-18(21-15-16-9-5-3-6-10-16)20-13-14-22-17-11-7-4-8-12-17;/h3-12H,2,13-15H2,1H3,(H2,19,20,21);1H. The Bertz CT molecular complexity index is 561. The van der Waals surface area contributed by atoms with Gasteiger partial charge < -0.3 is 15.4 Å². The summed E-state index contributed by atoms with van der Waals surface area (Å²) in [5.74, 6) is 1.69. The van der Waals surface area contributed by atoms with Crippen molar-refractivity contribution in [1.29, 1.82) is 0 Å². The molecule has 2 N–H and O–H groups in total. The van der Waals surface area contributed by atoms with Gasteiger partial charge in [-0.15, -0.1) is 24.0 Å². The first-order valence-electron chi connectivity index (χ1n) is 7.62. The molecular weight excluding hydrogens is 401 g/mol. The second kappa shape index (κ2) is 11.8. The number of benzene rings is 2. The summed E-state index contributed by atoms with van der Waals surface area (Å²) in [6.45, 7) is 4.85. The minimum atomic E-state index is 0. The Kier molecular flexibility index (Phi) is 9.86. The van der Waals surface area contributed by atoms with Crippen LogP contribution in [0, 0.1) is 0 Å². The fourth-order valence-electron chi connectivity index (χ4n) is 1.95. The first-order chi connectivity index (χ1) is 10.9. The van der Waals surface area contributed by atoms with Crippen molar-refractivity contribution in [1.82, 2.24) is 10.6 Å². The Hall–Kier alpha value is -1.76. The van der Waals surface area contributed by atoms with Gasteiger partial charge in [0.1, 0.15) is 12.4 Å². The summed E-state index contributed by atoms with van der Waals surface area (Å²) in [7, 11) is 0. The van der Waals surface area contributed by atoms with Crippen LogP contribution in [0.3, 0.4) is 0 Å². The van der Waals surface area contributed by atoms with Crippen molar-refractivity contribution < 1.29 is 4.74 Å². The minimum absolute atomic E-state index is 0. The largest absolute Gasteiger partial charge is 0.492 e. The van der Waals surface area contributed by atoms with Gasteiger partial charge >= 0.3 is 0 Å². The van der Waals surface area contributed by atoms with Crippen LogP contribution in [0.5, 0.6) is 5.75 Å². The van der Waals surface area contributed by atoms with E-state index in [1.54, 1.807) is 0 Å². The summed E-state index contributed by atoms with van der Waals surface area (Å²) >= 11 is 0. The maximum absolute atomic E-state index is 5.65. The maximum Gasteiger partial charge on any atom is 0.191 e. The molecule has 0 unspecified atom stereocenters. The molecular formula is C18H24IN3O.